The van der Waals surface area contributed by atoms with Crippen molar-refractivity contribution in [3.8, 4) is 5.69 Å². The molecule has 4 rings (SSSR count). The summed E-state index contributed by atoms with van der Waals surface area (Å²) >= 11 is 0. The van der Waals surface area contributed by atoms with Gasteiger partial charge >= 0.3 is 0 Å². The van der Waals surface area contributed by atoms with Gasteiger partial charge in [-0.3, -0.25) is 14.5 Å². The second kappa shape index (κ2) is 10.1. The van der Waals surface area contributed by atoms with E-state index in [2.05, 4.69) is 54.9 Å². The number of nitrogens with zero attached hydrogens (tertiary/aromatic N) is 3. The van der Waals surface area contributed by atoms with Gasteiger partial charge < -0.3 is 9.47 Å². The van der Waals surface area contributed by atoms with Gasteiger partial charge in [0.25, 0.3) is 0 Å². The van der Waals surface area contributed by atoms with Crippen LogP contribution in [0, 0.1) is 6.92 Å². The van der Waals surface area contributed by atoms with Crippen LogP contribution in [-0.2, 0) is 9.59 Å². The second-order valence-corrected chi connectivity index (χ2v) is 8.79. The molecular weight excluding hydrogens is 410 g/mol. The topological polar surface area (TPSA) is 45.6 Å². The van der Waals surface area contributed by atoms with Gasteiger partial charge in [-0.1, -0.05) is 62.2 Å². The Morgan fingerprint density at radius 1 is 0.909 bits per heavy atom. The highest BCUT2D eigenvalue weighted by atomic mass is 16.2. The third-order valence-corrected chi connectivity index (χ3v) is 6.31. The van der Waals surface area contributed by atoms with Crippen LogP contribution >= 0.6 is 0 Å². The Morgan fingerprint density at radius 2 is 1.64 bits per heavy atom. The number of benzene rings is 2. The van der Waals surface area contributed by atoms with E-state index in [1.807, 2.05) is 42.2 Å². The van der Waals surface area contributed by atoms with Gasteiger partial charge in [0.2, 0.25) is 11.8 Å². The summed E-state index contributed by atoms with van der Waals surface area (Å²) in [7, 11) is 0. The summed E-state index contributed by atoms with van der Waals surface area (Å²) < 4.78 is 2.17. The number of aromatic nitrogens is 1. The first-order chi connectivity index (χ1) is 16.0. The van der Waals surface area contributed by atoms with Crippen molar-refractivity contribution in [2.75, 3.05) is 18.0 Å². The molecule has 1 aromatic heterocycles. The molecule has 1 aliphatic rings. The zero-order valence-electron chi connectivity index (χ0n) is 19.8. The first-order valence-corrected chi connectivity index (χ1v) is 12.0. The van der Waals surface area contributed by atoms with Crippen LogP contribution in [0.25, 0.3) is 5.69 Å². The smallest absolute Gasteiger partial charge is 0.247 e. The Bertz CT molecular complexity index is 1120. The van der Waals surface area contributed by atoms with Crippen molar-refractivity contribution in [1.29, 1.82) is 0 Å². The van der Waals surface area contributed by atoms with Gasteiger partial charge in [0, 0.05) is 19.2 Å². The summed E-state index contributed by atoms with van der Waals surface area (Å²) in [6.07, 6.45) is 5.18. The maximum atomic E-state index is 13.9. The van der Waals surface area contributed by atoms with E-state index in [9.17, 15) is 9.59 Å². The van der Waals surface area contributed by atoms with Crippen molar-refractivity contribution in [3.05, 3.63) is 83.7 Å². The molecule has 1 unspecified atom stereocenters. The SMILES string of the molecule is CCCCN(CC(=O)N1c2ccccc2-n2cccc2C1c1ccc(C)cc1)C(=O)CCC. The van der Waals surface area contributed by atoms with Crippen molar-refractivity contribution >= 4 is 17.5 Å². The maximum Gasteiger partial charge on any atom is 0.247 e. The van der Waals surface area contributed by atoms with E-state index in [0.717, 1.165) is 41.9 Å². The molecule has 3 aromatic rings. The van der Waals surface area contributed by atoms with Gasteiger partial charge in [0.1, 0.15) is 12.6 Å². The van der Waals surface area contributed by atoms with E-state index in [1.165, 1.54) is 5.56 Å². The van der Waals surface area contributed by atoms with Crippen molar-refractivity contribution in [1.82, 2.24) is 9.47 Å². The van der Waals surface area contributed by atoms with E-state index in [0.29, 0.717) is 13.0 Å². The van der Waals surface area contributed by atoms with Crippen LogP contribution in [0.1, 0.15) is 62.4 Å². The standard InChI is InChI=1S/C28H33N3O2/c1-4-6-18-29(26(32)10-5-2)20-27(33)31-24-12-8-7-11-23(24)30-19-9-13-25(30)28(31)22-16-14-21(3)15-17-22/h7-9,11-17,19,28H,4-6,10,18,20H2,1-3H3. The highest BCUT2D eigenvalue weighted by molar-refractivity contribution is 6.00. The Morgan fingerprint density at radius 3 is 2.33 bits per heavy atom. The molecule has 5 nitrogen and oxygen atoms in total. The quantitative estimate of drug-likeness (QED) is 0.452. The zero-order chi connectivity index (χ0) is 23.4. The molecule has 2 aromatic carbocycles. The summed E-state index contributed by atoms with van der Waals surface area (Å²) in [6, 6.07) is 20.2. The minimum Gasteiger partial charge on any atom is -0.333 e. The number of hydrogen-bond acceptors (Lipinski definition) is 2. The highest BCUT2D eigenvalue weighted by Gasteiger charge is 2.36. The third kappa shape index (κ3) is 4.58. The van der Waals surface area contributed by atoms with Crippen LogP contribution in [-0.4, -0.2) is 34.4 Å². The van der Waals surface area contributed by atoms with Gasteiger partial charge in [-0.15, -0.1) is 0 Å². The highest BCUT2D eigenvalue weighted by Crippen LogP contribution is 2.42. The van der Waals surface area contributed by atoms with Gasteiger partial charge in [-0.2, -0.15) is 0 Å². The lowest BCUT2D eigenvalue weighted by molar-refractivity contribution is -0.135. The fourth-order valence-electron chi connectivity index (χ4n) is 4.58. The maximum absolute atomic E-state index is 13.9. The largest absolute Gasteiger partial charge is 0.333 e. The van der Waals surface area contributed by atoms with Crippen molar-refractivity contribution < 1.29 is 9.59 Å². The van der Waals surface area contributed by atoms with Crippen molar-refractivity contribution in [3.63, 3.8) is 0 Å². The number of carbonyl (C=O) groups excluding carboxylic acids is 2. The molecule has 5 heteroatoms. The van der Waals surface area contributed by atoms with Gasteiger partial charge in [0.15, 0.2) is 0 Å². The fourth-order valence-corrected chi connectivity index (χ4v) is 4.58. The number of rotatable bonds is 8. The molecule has 172 valence electrons. The molecule has 0 aliphatic carbocycles. The normalized spacial score (nSPS) is 14.5. The Kier molecular flexibility index (Phi) is 6.97. The fraction of sp³-hybridized carbons (Fsp3) is 0.357. The molecular formula is C28H33N3O2. The van der Waals surface area contributed by atoms with Crippen LogP contribution < -0.4 is 4.90 Å². The number of anilines is 1. The first-order valence-electron chi connectivity index (χ1n) is 12.0. The molecule has 0 saturated heterocycles. The average molecular weight is 444 g/mol. The number of aryl methyl sites for hydroxylation is 1. The number of para-hydroxylation sites is 2. The third-order valence-electron chi connectivity index (χ3n) is 6.31. The van der Waals surface area contributed by atoms with E-state index in [1.54, 1.807) is 4.90 Å². The lowest BCUT2D eigenvalue weighted by Gasteiger charge is -2.39. The predicted molar refractivity (Wildman–Crippen MR) is 133 cm³/mol. The summed E-state index contributed by atoms with van der Waals surface area (Å²) in [6.45, 7) is 6.88. The van der Waals surface area contributed by atoms with E-state index in [4.69, 9.17) is 0 Å². The Balaban J connectivity index is 1.76. The van der Waals surface area contributed by atoms with Crippen molar-refractivity contribution in [2.45, 2.75) is 52.5 Å². The first kappa shape index (κ1) is 22.8. The molecule has 0 bridgehead atoms. The number of amides is 2. The summed E-state index contributed by atoms with van der Waals surface area (Å²) in [5, 5.41) is 0. The molecule has 0 N–H and O–H groups in total. The Labute approximate surface area is 196 Å². The molecule has 2 amide bonds. The molecule has 2 heterocycles. The molecule has 0 spiro atoms. The summed E-state index contributed by atoms with van der Waals surface area (Å²) in [4.78, 5) is 30.4. The average Bonchev–Trinajstić information content (AvgIpc) is 3.31. The monoisotopic (exact) mass is 443 g/mol. The minimum absolute atomic E-state index is 0.0546. The molecule has 1 aliphatic heterocycles. The van der Waals surface area contributed by atoms with E-state index >= 15 is 0 Å². The Hall–Kier alpha value is -3.34. The van der Waals surface area contributed by atoms with E-state index in [-0.39, 0.29) is 24.4 Å². The van der Waals surface area contributed by atoms with E-state index < -0.39 is 0 Å². The predicted octanol–water partition coefficient (Wildman–Crippen LogP) is 5.65. The lowest BCUT2D eigenvalue weighted by Crippen LogP contribution is -2.47. The summed E-state index contributed by atoms with van der Waals surface area (Å²) in [5.41, 5.74) is 5.14. The van der Waals surface area contributed by atoms with Gasteiger partial charge in [-0.05, 0) is 49.6 Å². The number of unbranched alkanes of at least 4 members (excludes halogenated alkanes) is 1. The van der Waals surface area contributed by atoms with Crippen LogP contribution in [0.2, 0.25) is 0 Å². The molecule has 1 atom stereocenters. The molecule has 33 heavy (non-hydrogen) atoms. The van der Waals surface area contributed by atoms with Crippen LogP contribution in [0.5, 0.6) is 0 Å². The van der Waals surface area contributed by atoms with Crippen molar-refractivity contribution in [2.24, 2.45) is 0 Å². The number of hydrogen-bond donors (Lipinski definition) is 0. The number of carbonyl (C=O) groups is 2. The number of fused-ring (bicyclic) bond motifs is 3. The lowest BCUT2D eigenvalue weighted by atomic mass is 9.97. The summed E-state index contributed by atoms with van der Waals surface area (Å²) in [5.74, 6) is 0.000821. The minimum atomic E-state index is -0.252. The van der Waals surface area contributed by atoms with Crippen LogP contribution in [0.4, 0.5) is 5.69 Å². The molecule has 0 radical (unpaired) electrons. The molecule has 0 saturated carbocycles. The van der Waals surface area contributed by atoms with Crippen LogP contribution in [0.3, 0.4) is 0 Å². The zero-order valence-corrected chi connectivity index (χ0v) is 19.8. The van der Waals surface area contributed by atoms with Gasteiger partial charge in [0.05, 0.1) is 17.1 Å². The van der Waals surface area contributed by atoms with Gasteiger partial charge in [-0.25, -0.2) is 0 Å². The van der Waals surface area contributed by atoms with Crippen LogP contribution in [0.15, 0.2) is 66.9 Å². The second-order valence-electron chi connectivity index (χ2n) is 8.79. The molecule has 0 fully saturated rings.